The van der Waals surface area contributed by atoms with Gasteiger partial charge in [0.15, 0.2) is 6.10 Å². The zero-order valence-corrected chi connectivity index (χ0v) is 51.7. The van der Waals surface area contributed by atoms with Crippen molar-refractivity contribution >= 4 is 17.9 Å². The fraction of sp³-hybridized carbons (Fsp3) is 0.764. The highest BCUT2D eigenvalue weighted by Crippen LogP contribution is 2.18. The van der Waals surface area contributed by atoms with Gasteiger partial charge in [-0.25, -0.2) is 0 Å². The van der Waals surface area contributed by atoms with Gasteiger partial charge in [0.2, 0.25) is 0 Å². The third kappa shape index (κ3) is 63.4. The van der Waals surface area contributed by atoms with E-state index >= 15 is 0 Å². The summed E-state index contributed by atoms with van der Waals surface area (Å²) >= 11 is 0. The average molecular weight is 1090 g/mol. The predicted molar refractivity (Wildman–Crippen MR) is 339 cm³/mol. The Morgan fingerprint density at radius 2 is 0.500 bits per heavy atom. The molecule has 450 valence electrons. The Morgan fingerprint density at radius 1 is 0.269 bits per heavy atom. The molecule has 0 aromatic carbocycles. The van der Waals surface area contributed by atoms with Gasteiger partial charge in [-0.05, 0) is 89.9 Å². The summed E-state index contributed by atoms with van der Waals surface area (Å²) in [5, 5.41) is 0. The van der Waals surface area contributed by atoms with E-state index in [-0.39, 0.29) is 31.1 Å². The molecule has 1 atom stereocenters. The maximum Gasteiger partial charge on any atom is 0.306 e. The third-order valence-corrected chi connectivity index (χ3v) is 14.6. The summed E-state index contributed by atoms with van der Waals surface area (Å²) in [4.78, 5) is 38.4. The molecule has 0 rings (SSSR count). The number of carbonyl (C=O) groups excluding carboxylic acids is 3. The van der Waals surface area contributed by atoms with Crippen molar-refractivity contribution in [3.8, 4) is 0 Å². The van der Waals surface area contributed by atoms with E-state index in [1.54, 1.807) is 0 Å². The molecule has 0 radical (unpaired) electrons. The van der Waals surface area contributed by atoms with Gasteiger partial charge in [-0.1, -0.05) is 311 Å². The van der Waals surface area contributed by atoms with Crippen LogP contribution in [0.2, 0.25) is 0 Å². The van der Waals surface area contributed by atoms with Crippen LogP contribution in [0, 0.1) is 0 Å². The molecule has 0 aliphatic rings. The largest absolute Gasteiger partial charge is 0.462 e. The second-order valence-corrected chi connectivity index (χ2v) is 22.3. The predicted octanol–water partition coefficient (Wildman–Crippen LogP) is 23.1. The summed E-state index contributed by atoms with van der Waals surface area (Å²) in [6.45, 7) is 6.43. The van der Waals surface area contributed by atoms with Crippen molar-refractivity contribution in [1.82, 2.24) is 0 Å². The fourth-order valence-electron chi connectivity index (χ4n) is 9.69. The molecular formula is C72H126O6. The van der Waals surface area contributed by atoms with Crippen LogP contribution in [0.4, 0.5) is 0 Å². The first kappa shape index (κ1) is 74.6. The van der Waals surface area contributed by atoms with E-state index in [2.05, 4.69) is 106 Å². The Kier molecular flexibility index (Phi) is 63.2. The number of ether oxygens (including phenoxy) is 3. The number of carbonyl (C=O) groups is 3. The van der Waals surface area contributed by atoms with Crippen LogP contribution in [0.1, 0.15) is 335 Å². The van der Waals surface area contributed by atoms with Gasteiger partial charge in [-0.3, -0.25) is 14.4 Å². The number of hydrogen-bond donors (Lipinski definition) is 0. The zero-order valence-electron chi connectivity index (χ0n) is 51.7. The van der Waals surface area contributed by atoms with Crippen LogP contribution in [0.5, 0.6) is 0 Å². The molecule has 0 aromatic rings. The Morgan fingerprint density at radius 3 is 0.795 bits per heavy atom. The van der Waals surface area contributed by atoms with Gasteiger partial charge in [-0.15, -0.1) is 0 Å². The topological polar surface area (TPSA) is 78.9 Å². The van der Waals surface area contributed by atoms with Crippen molar-refractivity contribution in [1.29, 1.82) is 0 Å². The van der Waals surface area contributed by atoms with Crippen molar-refractivity contribution in [3.05, 3.63) is 85.1 Å². The van der Waals surface area contributed by atoms with Crippen LogP contribution < -0.4 is 0 Å². The lowest BCUT2D eigenvalue weighted by Crippen LogP contribution is -2.30. The van der Waals surface area contributed by atoms with Crippen LogP contribution in [0.25, 0.3) is 0 Å². The Balaban J connectivity index is 4.29. The minimum atomic E-state index is -0.791. The van der Waals surface area contributed by atoms with Crippen LogP contribution in [-0.2, 0) is 28.6 Å². The highest BCUT2D eigenvalue weighted by molar-refractivity contribution is 5.71. The summed E-state index contributed by atoms with van der Waals surface area (Å²) < 4.78 is 16.9. The first-order valence-corrected chi connectivity index (χ1v) is 33.6. The van der Waals surface area contributed by atoms with E-state index in [1.165, 1.54) is 186 Å². The van der Waals surface area contributed by atoms with Crippen LogP contribution in [0.15, 0.2) is 85.1 Å². The number of esters is 3. The van der Waals surface area contributed by atoms with Crippen molar-refractivity contribution in [2.24, 2.45) is 0 Å². The van der Waals surface area contributed by atoms with Gasteiger partial charge >= 0.3 is 17.9 Å². The average Bonchev–Trinajstić information content (AvgIpc) is 3.44. The molecule has 6 heteroatoms. The highest BCUT2D eigenvalue weighted by atomic mass is 16.6. The van der Waals surface area contributed by atoms with Crippen molar-refractivity contribution in [3.63, 3.8) is 0 Å². The Labute approximate surface area is 484 Å². The molecule has 6 nitrogen and oxygen atoms in total. The van der Waals surface area contributed by atoms with Gasteiger partial charge in [0.1, 0.15) is 13.2 Å². The second-order valence-electron chi connectivity index (χ2n) is 22.3. The van der Waals surface area contributed by atoms with Crippen LogP contribution in [-0.4, -0.2) is 37.2 Å². The molecule has 0 aliphatic carbocycles. The van der Waals surface area contributed by atoms with E-state index < -0.39 is 6.10 Å². The standard InChI is InChI=1S/C72H126O6/c1-4-7-10-13-16-19-22-25-27-29-31-33-35-37-38-40-42-44-47-50-53-56-59-62-65-71(74)77-68-69(67-76-70(73)64-61-58-55-52-49-46-24-21-18-15-12-9-6-3)78-72(75)66-63-60-57-54-51-48-45-43-41-39-36-34-32-30-28-26-23-20-17-14-11-8-5-2/h8-9,11-12,17-18,20-21,26,28,32,34,46,49,69H,4-7,10,13-16,19,22-25,27,29-31,33,35-45,47-48,50-68H2,1-3H3/b11-8-,12-9-,20-17-,21-18-,28-26-,34-32-,49-46-. The first-order valence-electron chi connectivity index (χ1n) is 33.6. The van der Waals surface area contributed by atoms with Crippen LogP contribution >= 0.6 is 0 Å². The van der Waals surface area contributed by atoms with Gasteiger partial charge < -0.3 is 14.2 Å². The summed E-state index contributed by atoms with van der Waals surface area (Å²) in [5.41, 5.74) is 0. The summed E-state index contributed by atoms with van der Waals surface area (Å²) in [7, 11) is 0. The van der Waals surface area contributed by atoms with Crippen molar-refractivity contribution in [2.75, 3.05) is 13.2 Å². The van der Waals surface area contributed by atoms with E-state index in [9.17, 15) is 14.4 Å². The van der Waals surface area contributed by atoms with Crippen LogP contribution in [0.3, 0.4) is 0 Å². The number of unbranched alkanes of at least 4 members (excludes halogenated alkanes) is 36. The molecule has 0 fully saturated rings. The maximum absolute atomic E-state index is 12.9. The molecule has 0 saturated carbocycles. The van der Waals surface area contributed by atoms with E-state index in [1.807, 2.05) is 0 Å². The molecule has 0 spiro atoms. The van der Waals surface area contributed by atoms with E-state index in [0.717, 1.165) is 109 Å². The molecule has 1 unspecified atom stereocenters. The molecule has 0 N–H and O–H groups in total. The molecule has 0 saturated heterocycles. The van der Waals surface area contributed by atoms with Gasteiger partial charge in [-0.2, -0.15) is 0 Å². The smallest absolute Gasteiger partial charge is 0.306 e. The van der Waals surface area contributed by atoms with Gasteiger partial charge in [0.25, 0.3) is 0 Å². The molecule has 78 heavy (non-hydrogen) atoms. The fourth-order valence-corrected chi connectivity index (χ4v) is 9.69. The van der Waals surface area contributed by atoms with Gasteiger partial charge in [0.05, 0.1) is 0 Å². The summed E-state index contributed by atoms with van der Waals surface area (Å²) in [6, 6.07) is 0. The molecule has 0 aromatic heterocycles. The number of rotatable bonds is 61. The molecule has 0 aliphatic heterocycles. The summed E-state index contributed by atoms with van der Waals surface area (Å²) in [6.07, 6.45) is 87.5. The third-order valence-electron chi connectivity index (χ3n) is 14.6. The Hall–Kier alpha value is -3.41. The normalized spacial score (nSPS) is 12.6. The van der Waals surface area contributed by atoms with Crippen molar-refractivity contribution < 1.29 is 28.6 Å². The lowest BCUT2D eigenvalue weighted by molar-refractivity contribution is -0.167. The maximum atomic E-state index is 12.9. The zero-order chi connectivity index (χ0) is 56.4. The molecule has 0 heterocycles. The molecule has 0 bridgehead atoms. The minimum Gasteiger partial charge on any atom is -0.462 e. The quantitative estimate of drug-likeness (QED) is 0.0261. The highest BCUT2D eigenvalue weighted by Gasteiger charge is 2.19. The van der Waals surface area contributed by atoms with E-state index in [0.29, 0.717) is 19.3 Å². The number of hydrogen-bond acceptors (Lipinski definition) is 6. The summed E-state index contributed by atoms with van der Waals surface area (Å²) in [5.74, 6) is -0.904. The Bertz CT molecular complexity index is 1480. The minimum absolute atomic E-state index is 0.0847. The SMILES string of the molecule is CC/C=C\C/C=C\C/C=C\C/C=C\CCCCCCCCCCCCC(=O)OC(COC(=O)CCCCC/C=C\C/C=C\C/C=C\CC)COC(=O)CCCCCCCCCCCCCCCCCCCCCCCCCC. The number of allylic oxidation sites excluding steroid dienone is 14. The second kappa shape index (κ2) is 66.1. The lowest BCUT2D eigenvalue weighted by atomic mass is 10.0. The first-order chi connectivity index (χ1) is 38.5. The monoisotopic (exact) mass is 1090 g/mol. The molecular weight excluding hydrogens is 961 g/mol. The lowest BCUT2D eigenvalue weighted by Gasteiger charge is -2.18. The van der Waals surface area contributed by atoms with Gasteiger partial charge in [0, 0.05) is 19.3 Å². The van der Waals surface area contributed by atoms with Crippen molar-refractivity contribution in [2.45, 2.75) is 341 Å². The van der Waals surface area contributed by atoms with E-state index in [4.69, 9.17) is 14.2 Å². The molecule has 0 amide bonds.